The summed E-state index contributed by atoms with van der Waals surface area (Å²) in [6.07, 6.45) is 4.20. The van der Waals surface area contributed by atoms with Gasteiger partial charge in [0.2, 0.25) is 0 Å². The Morgan fingerprint density at radius 2 is 1.69 bits per heavy atom. The van der Waals surface area contributed by atoms with Gasteiger partial charge in [-0.3, -0.25) is 0 Å². The zero-order valence-electron chi connectivity index (χ0n) is 20.2. The zero-order valence-corrected chi connectivity index (χ0v) is 22.6. The van der Waals surface area contributed by atoms with Gasteiger partial charge in [0.15, 0.2) is 0 Å². The molecular formula is C30H29Cl2FN2S. The van der Waals surface area contributed by atoms with Crippen molar-refractivity contribution in [1.82, 2.24) is 10.2 Å². The molecule has 4 aromatic rings. The third-order valence-electron chi connectivity index (χ3n) is 7.25. The Balaban J connectivity index is 1.50. The molecule has 1 aliphatic carbocycles. The highest BCUT2D eigenvalue weighted by Crippen LogP contribution is 2.42. The molecule has 1 aliphatic rings. The van der Waals surface area contributed by atoms with Gasteiger partial charge in [-0.15, -0.1) is 11.3 Å². The Kier molecular flexibility index (Phi) is 7.68. The van der Waals surface area contributed by atoms with Crippen LogP contribution >= 0.6 is 34.5 Å². The van der Waals surface area contributed by atoms with E-state index in [-0.39, 0.29) is 11.9 Å². The maximum atomic E-state index is 15.2. The lowest BCUT2D eigenvalue weighted by Gasteiger charge is -2.39. The Bertz CT molecular complexity index is 1370. The standard InChI is InChI=1S/C30H29Cl2FN2S/c1-19(30-29(32)26-5-3-4-6-28(26)36-30)35(25-14-12-24(34-2)13-15-25)18-22-17-21(9-16-27(22)33)20-7-10-23(31)11-8-20/h3-11,16-17,24-25,34H,1,12-15,18H2,2H3/t24-,25-. The fraction of sp³-hybridized carbons (Fsp3) is 0.267. The van der Waals surface area contributed by atoms with Crippen molar-refractivity contribution in [3.8, 4) is 11.1 Å². The van der Waals surface area contributed by atoms with Crippen molar-refractivity contribution >= 4 is 50.3 Å². The van der Waals surface area contributed by atoms with E-state index in [0.717, 1.165) is 62.5 Å². The van der Waals surface area contributed by atoms with Crippen LogP contribution in [0.4, 0.5) is 4.39 Å². The van der Waals surface area contributed by atoms with E-state index in [1.165, 1.54) is 0 Å². The van der Waals surface area contributed by atoms with Gasteiger partial charge in [0.05, 0.1) is 9.90 Å². The second-order valence-electron chi connectivity index (χ2n) is 9.42. The second kappa shape index (κ2) is 10.9. The number of thiophene rings is 1. The number of hydrogen-bond acceptors (Lipinski definition) is 3. The molecule has 0 atom stereocenters. The van der Waals surface area contributed by atoms with Crippen LogP contribution in [0.25, 0.3) is 26.9 Å². The molecular weight excluding hydrogens is 510 g/mol. The molecule has 0 aliphatic heterocycles. The van der Waals surface area contributed by atoms with Gasteiger partial charge in [0.1, 0.15) is 5.82 Å². The van der Waals surface area contributed by atoms with Crippen molar-refractivity contribution in [2.45, 2.75) is 44.3 Å². The van der Waals surface area contributed by atoms with Gasteiger partial charge >= 0.3 is 0 Å². The van der Waals surface area contributed by atoms with Gasteiger partial charge in [0.25, 0.3) is 0 Å². The lowest BCUT2D eigenvalue weighted by molar-refractivity contribution is 0.203. The van der Waals surface area contributed by atoms with Crippen molar-refractivity contribution < 1.29 is 4.39 Å². The van der Waals surface area contributed by atoms with Crippen molar-refractivity contribution in [2.75, 3.05) is 7.05 Å². The quantitative estimate of drug-likeness (QED) is 0.252. The minimum Gasteiger partial charge on any atom is -0.363 e. The molecule has 1 N–H and O–H groups in total. The summed E-state index contributed by atoms with van der Waals surface area (Å²) in [5, 5.41) is 5.86. The first-order chi connectivity index (χ1) is 17.4. The molecule has 186 valence electrons. The summed E-state index contributed by atoms with van der Waals surface area (Å²) >= 11 is 14.6. The highest BCUT2D eigenvalue weighted by molar-refractivity contribution is 7.20. The summed E-state index contributed by atoms with van der Waals surface area (Å²) in [5.41, 5.74) is 3.49. The van der Waals surface area contributed by atoms with Gasteiger partial charge in [0, 0.05) is 45.0 Å². The third kappa shape index (κ3) is 5.19. The summed E-state index contributed by atoms with van der Waals surface area (Å²) < 4.78 is 16.3. The van der Waals surface area contributed by atoms with Crippen LogP contribution in [0.15, 0.2) is 73.3 Å². The fourth-order valence-corrected chi connectivity index (χ4v) is 6.81. The number of hydrogen-bond donors (Lipinski definition) is 1. The van der Waals surface area contributed by atoms with E-state index >= 15 is 4.39 Å². The molecule has 1 saturated carbocycles. The van der Waals surface area contributed by atoms with Crippen LogP contribution in [-0.4, -0.2) is 24.0 Å². The SMILES string of the molecule is C=C(c1sc2ccccc2c1Cl)N(Cc1cc(-c2ccc(Cl)cc2)ccc1F)[C@H]1CC[C@H](NC)CC1. The monoisotopic (exact) mass is 538 g/mol. The molecule has 3 aromatic carbocycles. The van der Waals surface area contributed by atoms with Crippen LogP contribution in [-0.2, 0) is 6.54 Å². The van der Waals surface area contributed by atoms with E-state index in [1.54, 1.807) is 17.4 Å². The lowest BCUT2D eigenvalue weighted by atomic mass is 9.89. The molecule has 0 unspecified atom stereocenters. The Labute approximate surface area is 226 Å². The third-order valence-corrected chi connectivity index (χ3v) is 9.23. The van der Waals surface area contributed by atoms with Crippen LogP contribution in [0.3, 0.4) is 0 Å². The minimum atomic E-state index is -0.211. The molecule has 1 heterocycles. The van der Waals surface area contributed by atoms with Crippen LogP contribution in [0.1, 0.15) is 36.1 Å². The molecule has 0 amide bonds. The average molecular weight is 540 g/mol. The molecule has 0 radical (unpaired) electrons. The van der Waals surface area contributed by atoms with E-state index in [2.05, 4.69) is 22.9 Å². The van der Waals surface area contributed by atoms with Crippen molar-refractivity contribution in [1.29, 1.82) is 0 Å². The van der Waals surface area contributed by atoms with Gasteiger partial charge in [-0.25, -0.2) is 4.39 Å². The Morgan fingerprint density at radius 3 is 2.39 bits per heavy atom. The first kappa shape index (κ1) is 25.3. The van der Waals surface area contributed by atoms with E-state index in [9.17, 15) is 0 Å². The molecule has 0 bridgehead atoms. The second-order valence-corrected chi connectivity index (χ2v) is 11.3. The molecule has 1 fully saturated rings. The first-order valence-corrected chi connectivity index (χ1v) is 13.9. The fourth-order valence-electron chi connectivity index (χ4n) is 5.15. The topological polar surface area (TPSA) is 15.3 Å². The molecule has 36 heavy (non-hydrogen) atoms. The van der Waals surface area contributed by atoms with E-state index in [1.807, 2.05) is 61.6 Å². The first-order valence-electron chi connectivity index (χ1n) is 12.3. The van der Waals surface area contributed by atoms with Crippen LogP contribution in [0.2, 0.25) is 10.0 Å². The normalized spacial score (nSPS) is 17.9. The summed E-state index contributed by atoms with van der Waals surface area (Å²) in [6, 6.07) is 21.9. The van der Waals surface area contributed by atoms with Crippen molar-refractivity contribution in [3.63, 3.8) is 0 Å². The molecule has 1 aromatic heterocycles. The van der Waals surface area contributed by atoms with Crippen molar-refractivity contribution in [3.05, 3.63) is 99.6 Å². The number of nitrogens with zero attached hydrogens (tertiary/aromatic N) is 1. The van der Waals surface area contributed by atoms with Gasteiger partial charge in [-0.2, -0.15) is 0 Å². The van der Waals surface area contributed by atoms with Gasteiger partial charge < -0.3 is 10.2 Å². The number of rotatable bonds is 7. The predicted molar refractivity (Wildman–Crippen MR) is 153 cm³/mol. The predicted octanol–water partition coefficient (Wildman–Crippen LogP) is 9.02. The van der Waals surface area contributed by atoms with Gasteiger partial charge in [-0.1, -0.05) is 66.2 Å². The smallest absolute Gasteiger partial charge is 0.128 e. The number of fused-ring (bicyclic) bond motifs is 1. The van der Waals surface area contributed by atoms with E-state index in [4.69, 9.17) is 23.2 Å². The number of nitrogens with one attached hydrogen (secondary N) is 1. The Morgan fingerprint density at radius 1 is 1.00 bits per heavy atom. The molecule has 2 nitrogen and oxygen atoms in total. The summed E-state index contributed by atoms with van der Waals surface area (Å²) in [7, 11) is 2.02. The lowest BCUT2D eigenvalue weighted by Crippen LogP contribution is -2.40. The average Bonchev–Trinajstić information content (AvgIpc) is 3.25. The molecule has 6 heteroatoms. The van der Waals surface area contributed by atoms with Crippen LogP contribution < -0.4 is 5.32 Å². The molecule has 5 rings (SSSR count). The summed E-state index contributed by atoms with van der Waals surface area (Å²) in [4.78, 5) is 3.25. The Hall–Kier alpha value is -2.37. The number of benzene rings is 3. The summed E-state index contributed by atoms with van der Waals surface area (Å²) in [6.45, 7) is 4.95. The van der Waals surface area contributed by atoms with E-state index < -0.39 is 0 Å². The molecule has 0 spiro atoms. The van der Waals surface area contributed by atoms with Crippen molar-refractivity contribution in [2.24, 2.45) is 0 Å². The minimum absolute atomic E-state index is 0.211. The largest absolute Gasteiger partial charge is 0.363 e. The zero-order chi connectivity index (χ0) is 25.2. The maximum Gasteiger partial charge on any atom is 0.128 e. The van der Waals surface area contributed by atoms with Crippen LogP contribution in [0.5, 0.6) is 0 Å². The maximum absolute atomic E-state index is 15.2. The highest BCUT2D eigenvalue weighted by Gasteiger charge is 2.29. The van der Waals surface area contributed by atoms with E-state index in [0.29, 0.717) is 23.2 Å². The van der Waals surface area contributed by atoms with Crippen LogP contribution in [0, 0.1) is 5.82 Å². The summed E-state index contributed by atoms with van der Waals surface area (Å²) in [5.74, 6) is -0.211. The number of halogens is 3. The highest BCUT2D eigenvalue weighted by atomic mass is 35.5. The van der Waals surface area contributed by atoms with Gasteiger partial charge in [-0.05, 0) is 74.2 Å². The molecule has 0 saturated heterocycles.